The molecule has 0 aromatic heterocycles. The average Bonchev–Trinajstić information content (AvgIpc) is 3.06. The van der Waals surface area contributed by atoms with Gasteiger partial charge in [-0.15, -0.1) is 0 Å². The predicted molar refractivity (Wildman–Crippen MR) is 69.2 cm³/mol. The van der Waals surface area contributed by atoms with Crippen molar-refractivity contribution >= 4 is 5.91 Å². The van der Waals surface area contributed by atoms with Gasteiger partial charge in [0.05, 0.1) is 18.8 Å². The molecule has 2 heterocycles. The normalized spacial score (nSPS) is 38.8. The Morgan fingerprint density at radius 1 is 1.33 bits per heavy atom. The van der Waals surface area contributed by atoms with Gasteiger partial charge in [0.1, 0.15) is 0 Å². The van der Waals surface area contributed by atoms with Crippen LogP contribution in [0.2, 0.25) is 0 Å². The van der Waals surface area contributed by atoms with Gasteiger partial charge in [-0.25, -0.2) is 0 Å². The van der Waals surface area contributed by atoms with Gasteiger partial charge in [0, 0.05) is 12.5 Å². The third-order valence-corrected chi connectivity index (χ3v) is 4.98. The lowest BCUT2D eigenvalue weighted by Gasteiger charge is -2.37. The second kappa shape index (κ2) is 4.49. The molecule has 0 radical (unpaired) electrons. The number of hydrogen-bond donors (Lipinski definition) is 1. The number of carbonyl (C=O) groups is 1. The second-order valence-corrected chi connectivity index (χ2v) is 6.35. The van der Waals surface area contributed by atoms with E-state index >= 15 is 0 Å². The summed E-state index contributed by atoms with van der Waals surface area (Å²) in [5.41, 5.74) is 0.351. The Labute approximate surface area is 109 Å². The van der Waals surface area contributed by atoms with Crippen molar-refractivity contribution in [3.05, 3.63) is 0 Å². The maximum Gasteiger partial charge on any atom is 0.226 e. The molecule has 102 valence electrons. The molecule has 0 aromatic rings. The molecule has 1 amide bonds. The lowest BCUT2D eigenvalue weighted by molar-refractivity contribution is -0.145. The first kappa shape index (κ1) is 12.4. The molecule has 3 rings (SSSR count). The van der Waals surface area contributed by atoms with Crippen molar-refractivity contribution in [3.8, 4) is 0 Å². The van der Waals surface area contributed by atoms with Crippen LogP contribution in [0.3, 0.4) is 0 Å². The monoisotopic (exact) mass is 252 g/mol. The summed E-state index contributed by atoms with van der Waals surface area (Å²) in [5, 5.41) is 3.39. The van der Waals surface area contributed by atoms with Gasteiger partial charge in [0.25, 0.3) is 0 Å². The van der Waals surface area contributed by atoms with E-state index in [4.69, 9.17) is 4.74 Å². The lowest BCUT2D eigenvalue weighted by atomic mass is 9.91. The minimum Gasteiger partial charge on any atom is -0.375 e. The summed E-state index contributed by atoms with van der Waals surface area (Å²) in [6, 6.07) is 0.244. The van der Waals surface area contributed by atoms with Gasteiger partial charge in [0.2, 0.25) is 5.91 Å². The SMILES string of the molecule is CC1CN(C(=O)C2CC23CCNCC3)C(C)CO1. The van der Waals surface area contributed by atoms with Crippen LogP contribution < -0.4 is 5.32 Å². The summed E-state index contributed by atoms with van der Waals surface area (Å²) in [4.78, 5) is 14.7. The number of carbonyl (C=O) groups excluding carboxylic acids is 1. The molecule has 1 aliphatic carbocycles. The van der Waals surface area contributed by atoms with E-state index in [0.717, 1.165) is 26.1 Å². The number of hydrogen-bond acceptors (Lipinski definition) is 3. The summed E-state index contributed by atoms with van der Waals surface area (Å²) < 4.78 is 5.60. The van der Waals surface area contributed by atoms with Gasteiger partial charge in [-0.05, 0) is 51.6 Å². The van der Waals surface area contributed by atoms with E-state index < -0.39 is 0 Å². The highest BCUT2D eigenvalue weighted by molar-refractivity contribution is 5.83. The van der Waals surface area contributed by atoms with E-state index in [1.54, 1.807) is 0 Å². The van der Waals surface area contributed by atoms with Crippen LogP contribution in [0.1, 0.15) is 33.1 Å². The van der Waals surface area contributed by atoms with Crippen molar-refractivity contribution in [2.24, 2.45) is 11.3 Å². The average molecular weight is 252 g/mol. The summed E-state index contributed by atoms with van der Waals surface area (Å²) in [6.45, 7) is 7.78. The molecule has 3 aliphatic rings. The molecule has 1 saturated carbocycles. The fourth-order valence-corrected chi connectivity index (χ4v) is 3.58. The molecule has 1 N–H and O–H groups in total. The van der Waals surface area contributed by atoms with Crippen LogP contribution in [0.4, 0.5) is 0 Å². The zero-order valence-electron chi connectivity index (χ0n) is 11.4. The number of piperidine rings is 1. The zero-order chi connectivity index (χ0) is 12.8. The van der Waals surface area contributed by atoms with Gasteiger partial charge >= 0.3 is 0 Å². The third kappa shape index (κ3) is 2.05. The Kier molecular flexibility index (Phi) is 3.10. The fraction of sp³-hybridized carbons (Fsp3) is 0.929. The van der Waals surface area contributed by atoms with Crippen molar-refractivity contribution in [1.29, 1.82) is 0 Å². The number of ether oxygens (including phenoxy) is 1. The maximum absolute atomic E-state index is 12.6. The van der Waals surface area contributed by atoms with Crippen molar-refractivity contribution in [2.75, 3.05) is 26.2 Å². The summed E-state index contributed by atoms with van der Waals surface area (Å²) in [6.07, 6.45) is 3.66. The molecule has 2 saturated heterocycles. The molecule has 18 heavy (non-hydrogen) atoms. The Balaban J connectivity index is 1.64. The van der Waals surface area contributed by atoms with Crippen molar-refractivity contribution in [2.45, 2.75) is 45.3 Å². The van der Waals surface area contributed by atoms with Crippen molar-refractivity contribution in [1.82, 2.24) is 10.2 Å². The maximum atomic E-state index is 12.6. The highest BCUT2D eigenvalue weighted by Gasteiger charge is 2.59. The van der Waals surface area contributed by atoms with Crippen LogP contribution in [-0.4, -0.2) is 49.2 Å². The van der Waals surface area contributed by atoms with E-state index in [1.165, 1.54) is 12.8 Å². The zero-order valence-corrected chi connectivity index (χ0v) is 11.4. The summed E-state index contributed by atoms with van der Waals surface area (Å²) in [7, 11) is 0. The molecule has 4 heteroatoms. The van der Waals surface area contributed by atoms with Crippen LogP contribution in [0.5, 0.6) is 0 Å². The van der Waals surface area contributed by atoms with E-state index in [9.17, 15) is 4.79 Å². The topological polar surface area (TPSA) is 41.6 Å². The van der Waals surface area contributed by atoms with Crippen LogP contribution in [0.15, 0.2) is 0 Å². The lowest BCUT2D eigenvalue weighted by Crippen LogP contribution is -2.51. The molecule has 2 aliphatic heterocycles. The Morgan fingerprint density at radius 2 is 2.06 bits per heavy atom. The van der Waals surface area contributed by atoms with Crippen LogP contribution >= 0.6 is 0 Å². The number of morpholine rings is 1. The Bertz CT molecular complexity index is 339. The standard InChI is InChI=1S/C14H24N2O2/c1-10-9-18-11(2)8-16(10)13(17)12-7-14(12)3-5-15-6-4-14/h10-12,15H,3-9H2,1-2H3. The van der Waals surface area contributed by atoms with Crippen LogP contribution in [-0.2, 0) is 9.53 Å². The molecular weight excluding hydrogens is 228 g/mol. The second-order valence-electron chi connectivity index (χ2n) is 6.35. The number of amides is 1. The highest BCUT2D eigenvalue weighted by atomic mass is 16.5. The van der Waals surface area contributed by atoms with Crippen LogP contribution in [0.25, 0.3) is 0 Å². The highest BCUT2D eigenvalue weighted by Crippen LogP contribution is 2.59. The predicted octanol–water partition coefficient (Wildman–Crippen LogP) is 1.01. The van der Waals surface area contributed by atoms with E-state index in [1.807, 2.05) is 0 Å². The first-order valence-electron chi connectivity index (χ1n) is 7.25. The van der Waals surface area contributed by atoms with E-state index in [0.29, 0.717) is 23.8 Å². The van der Waals surface area contributed by atoms with Crippen molar-refractivity contribution < 1.29 is 9.53 Å². The van der Waals surface area contributed by atoms with Gasteiger partial charge < -0.3 is 15.0 Å². The third-order valence-electron chi connectivity index (χ3n) is 4.98. The molecule has 0 aromatic carbocycles. The largest absolute Gasteiger partial charge is 0.375 e. The Morgan fingerprint density at radius 3 is 2.78 bits per heavy atom. The van der Waals surface area contributed by atoms with Gasteiger partial charge in [0.15, 0.2) is 0 Å². The molecule has 3 unspecified atom stereocenters. The summed E-state index contributed by atoms with van der Waals surface area (Å²) in [5.74, 6) is 0.687. The molecule has 0 bridgehead atoms. The minimum atomic E-state index is 0.188. The molecule has 1 spiro atoms. The van der Waals surface area contributed by atoms with Gasteiger partial charge in [-0.3, -0.25) is 4.79 Å². The van der Waals surface area contributed by atoms with Crippen LogP contribution in [0, 0.1) is 11.3 Å². The number of rotatable bonds is 1. The minimum absolute atomic E-state index is 0.188. The molecule has 3 fully saturated rings. The fourth-order valence-electron chi connectivity index (χ4n) is 3.58. The van der Waals surface area contributed by atoms with E-state index in [2.05, 4.69) is 24.1 Å². The molecule has 3 atom stereocenters. The first-order chi connectivity index (χ1) is 8.62. The number of nitrogens with one attached hydrogen (secondary N) is 1. The number of nitrogens with zero attached hydrogens (tertiary/aromatic N) is 1. The van der Waals surface area contributed by atoms with Crippen molar-refractivity contribution in [3.63, 3.8) is 0 Å². The smallest absolute Gasteiger partial charge is 0.226 e. The molecular formula is C14H24N2O2. The quantitative estimate of drug-likeness (QED) is 0.757. The van der Waals surface area contributed by atoms with Gasteiger partial charge in [-0.2, -0.15) is 0 Å². The van der Waals surface area contributed by atoms with E-state index in [-0.39, 0.29) is 12.1 Å². The summed E-state index contributed by atoms with van der Waals surface area (Å²) >= 11 is 0. The molecule has 4 nitrogen and oxygen atoms in total. The Hall–Kier alpha value is -0.610. The first-order valence-corrected chi connectivity index (χ1v) is 7.25. The van der Waals surface area contributed by atoms with Gasteiger partial charge in [-0.1, -0.05) is 0 Å².